The van der Waals surface area contributed by atoms with Gasteiger partial charge in [0.1, 0.15) is 0 Å². The molecule has 0 spiro atoms. The number of hydrogen-bond acceptors (Lipinski definition) is 4. The lowest BCUT2D eigenvalue weighted by Crippen LogP contribution is -2.39. The molecule has 0 aliphatic carbocycles. The summed E-state index contributed by atoms with van der Waals surface area (Å²) in [5.74, 6) is 0.199. The van der Waals surface area contributed by atoms with Crippen LogP contribution in [0.4, 0.5) is 0 Å². The van der Waals surface area contributed by atoms with Crippen molar-refractivity contribution in [3.8, 4) is 0 Å². The van der Waals surface area contributed by atoms with E-state index in [-0.39, 0.29) is 11.9 Å². The molecule has 5 nitrogen and oxygen atoms in total. The van der Waals surface area contributed by atoms with E-state index in [0.29, 0.717) is 6.42 Å². The van der Waals surface area contributed by atoms with Gasteiger partial charge in [0.15, 0.2) is 5.65 Å². The fourth-order valence-corrected chi connectivity index (χ4v) is 4.07. The van der Waals surface area contributed by atoms with Crippen molar-refractivity contribution in [3.05, 3.63) is 52.1 Å². The number of thiophene rings is 1. The fourth-order valence-electron chi connectivity index (χ4n) is 3.41. The van der Waals surface area contributed by atoms with Crippen molar-refractivity contribution in [2.75, 3.05) is 6.54 Å². The molecule has 0 N–H and O–H groups in total. The zero-order valence-electron chi connectivity index (χ0n) is 13.7. The van der Waals surface area contributed by atoms with E-state index in [0.717, 1.165) is 48.4 Å². The van der Waals surface area contributed by atoms with Crippen molar-refractivity contribution in [1.29, 1.82) is 0 Å². The Bertz CT molecular complexity index is 855. The lowest BCUT2D eigenvalue weighted by molar-refractivity contribution is -0.134. The highest BCUT2D eigenvalue weighted by Crippen LogP contribution is 2.30. The summed E-state index contributed by atoms with van der Waals surface area (Å²) < 4.78 is 1.79. The molecule has 0 bridgehead atoms. The molecule has 1 aliphatic rings. The normalized spacial score (nSPS) is 18.2. The summed E-state index contributed by atoms with van der Waals surface area (Å²) in [4.78, 5) is 19.6. The first-order valence-electron chi connectivity index (χ1n) is 8.34. The molecule has 3 aromatic rings. The van der Waals surface area contributed by atoms with E-state index in [9.17, 15) is 4.79 Å². The number of aryl methyl sites for hydroxylation is 1. The molecular formula is C18H20N4OS. The number of likely N-dealkylation sites (tertiary alicyclic amines) is 1. The number of nitrogens with zero attached hydrogens (tertiary/aromatic N) is 4. The average Bonchev–Trinajstić information content (AvgIpc) is 3.22. The summed E-state index contributed by atoms with van der Waals surface area (Å²) in [5.41, 5.74) is 3.87. The molecule has 0 radical (unpaired) electrons. The lowest BCUT2D eigenvalue weighted by Gasteiger charge is -2.35. The summed E-state index contributed by atoms with van der Waals surface area (Å²) in [6.45, 7) is 2.78. The summed E-state index contributed by atoms with van der Waals surface area (Å²) in [5, 5.41) is 8.45. The van der Waals surface area contributed by atoms with Gasteiger partial charge in [-0.25, -0.2) is 9.50 Å². The summed E-state index contributed by atoms with van der Waals surface area (Å²) in [6, 6.07) is 6.08. The summed E-state index contributed by atoms with van der Waals surface area (Å²) in [7, 11) is 0. The van der Waals surface area contributed by atoms with Gasteiger partial charge >= 0.3 is 0 Å². The third-order valence-electron chi connectivity index (χ3n) is 4.57. The minimum absolute atomic E-state index is 0.0742. The number of carbonyl (C=O) groups excluding carboxylic acids is 1. The van der Waals surface area contributed by atoms with Gasteiger partial charge in [0.2, 0.25) is 5.91 Å². The van der Waals surface area contributed by atoms with E-state index in [1.807, 2.05) is 41.6 Å². The molecule has 1 amide bonds. The van der Waals surface area contributed by atoms with Crippen LogP contribution in [0.5, 0.6) is 0 Å². The number of aromatic nitrogens is 3. The fraction of sp³-hybridized carbons (Fsp3) is 0.389. The van der Waals surface area contributed by atoms with Crippen molar-refractivity contribution >= 4 is 22.9 Å². The van der Waals surface area contributed by atoms with Gasteiger partial charge < -0.3 is 4.90 Å². The second-order valence-corrected chi connectivity index (χ2v) is 7.13. The molecule has 124 valence electrons. The van der Waals surface area contributed by atoms with Crippen molar-refractivity contribution < 1.29 is 4.79 Å². The highest BCUT2D eigenvalue weighted by atomic mass is 32.1. The Morgan fingerprint density at radius 3 is 3.12 bits per heavy atom. The average molecular weight is 340 g/mol. The molecule has 24 heavy (non-hydrogen) atoms. The van der Waals surface area contributed by atoms with Gasteiger partial charge in [-0.15, -0.1) is 0 Å². The molecule has 1 atom stereocenters. The molecule has 1 fully saturated rings. The van der Waals surface area contributed by atoms with Crippen LogP contribution in [-0.4, -0.2) is 31.9 Å². The quantitative estimate of drug-likeness (QED) is 0.734. The number of fused-ring (bicyclic) bond motifs is 1. The van der Waals surface area contributed by atoms with Crippen LogP contribution < -0.4 is 0 Å². The van der Waals surface area contributed by atoms with Crippen molar-refractivity contribution in [2.45, 2.75) is 38.6 Å². The van der Waals surface area contributed by atoms with Crippen LogP contribution in [0.2, 0.25) is 0 Å². The Morgan fingerprint density at radius 2 is 2.29 bits per heavy atom. The van der Waals surface area contributed by atoms with E-state index >= 15 is 0 Å². The van der Waals surface area contributed by atoms with Gasteiger partial charge in [-0.05, 0) is 54.6 Å². The van der Waals surface area contributed by atoms with Crippen molar-refractivity contribution in [1.82, 2.24) is 19.5 Å². The second kappa shape index (κ2) is 6.36. The molecule has 3 aromatic heterocycles. The number of hydrogen-bond donors (Lipinski definition) is 0. The Labute approximate surface area is 144 Å². The maximum Gasteiger partial charge on any atom is 0.227 e. The minimum atomic E-state index is 0.0742. The number of piperidine rings is 1. The predicted molar refractivity (Wildman–Crippen MR) is 94.1 cm³/mol. The van der Waals surface area contributed by atoms with Gasteiger partial charge in [-0.2, -0.15) is 16.4 Å². The Morgan fingerprint density at radius 1 is 1.38 bits per heavy atom. The van der Waals surface area contributed by atoms with Gasteiger partial charge in [0, 0.05) is 18.8 Å². The topological polar surface area (TPSA) is 50.5 Å². The summed E-state index contributed by atoms with van der Waals surface area (Å²) in [6.07, 6.45) is 5.61. The van der Waals surface area contributed by atoms with Crippen LogP contribution in [0, 0.1) is 6.92 Å². The van der Waals surface area contributed by atoms with E-state index in [2.05, 4.69) is 10.5 Å². The predicted octanol–water partition coefficient (Wildman–Crippen LogP) is 3.40. The standard InChI is InChI=1S/C18H20N4OS/c1-13-10-17-19-15(5-8-22(17)20-13)16-4-2-3-7-21(16)18(23)11-14-6-9-24-12-14/h5-6,8-10,12,16H,2-4,7,11H2,1H3/t16-/m1/s1. The van der Waals surface area contributed by atoms with Crippen molar-refractivity contribution in [3.63, 3.8) is 0 Å². The highest BCUT2D eigenvalue weighted by Gasteiger charge is 2.29. The first kappa shape index (κ1) is 15.3. The number of carbonyl (C=O) groups is 1. The molecule has 4 rings (SSSR count). The van der Waals surface area contributed by atoms with Crippen LogP contribution in [0.3, 0.4) is 0 Å². The van der Waals surface area contributed by atoms with Gasteiger partial charge in [-0.3, -0.25) is 4.79 Å². The van der Waals surface area contributed by atoms with Crippen LogP contribution in [0.1, 0.15) is 42.3 Å². The number of rotatable bonds is 3. The van der Waals surface area contributed by atoms with Gasteiger partial charge in [0.25, 0.3) is 0 Å². The third-order valence-corrected chi connectivity index (χ3v) is 5.30. The first-order chi connectivity index (χ1) is 11.7. The molecule has 4 heterocycles. The van der Waals surface area contributed by atoms with E-state index in [4.69, 9.17) is 4.98 Å². The lowest BCUT2D eigenvalue weighted by atomic mass is 9.98. The largest absolute Gasteiger partial charge is 0.334 e. The summed E-state index contributed by atoms with van der Waals surface area (Å²) >= 11 is 1.64. The second-order valence-electron chi connectivity index (χ2n) is 6.35. The smallest absolute Gasteiger partial charge is 0.227 e. The van der Waals surface area contributed by atoms with E-state index < -0.39 is 0 Å². The van der Waals surface area contributed by atoms with E-state index in [1.165, 1.54) is 0 Å². The maximum absolute atomic E-state index is 12.8. The molecule has 6 heteroatoms. The number of amides is 1. The highest BCUT2D eigenvalue weighted by molar-refractivity contribution is 7.08. The van der Waals surface area contributed by atoms with Crippen LogP contribution in [0.15, 0.2) is 35.2 Å². The maximum atomic E-state index is 12.8. The SMILES string of the molecule is Cc1cc2nc([C@H]3CCCCN3C(=O)Cc3ccsc3)ccn2n1. The molecule has 0 aromatic carbocycles. The Balaban J connectivity index is 1.61. The molecule has 1 aliphatic heterocycles. The zero-order chi connectivity index (χ0) is 16.5. The minimum Gasteiger partial charge on any atom is -0.334 e. The van der Waals surface area contributed by atoms with Crippen LogP contribution in [0.25, 0.3) is 5.65 Å². The molecule has 0 saturated carbocycles. The Kier molecular flexibility index (Phi) is 4.06. The van der Waals surface area contributed by atoms with Gasteiger partial charge in [-0.1, -0.05) is 0 Å². The monoisotopic (exact) mass is 340 g/mol. The van der Waals surface area contributed by atoms with Crippen LogP contribution in [-0.2, 0) is 11.2 Å². The first-order valence-corrected chi connectivity index (χ1v) is 9.28. The molecule has 0 unspecified atom stereocenters. The zero-order valence-corrected chi connectivity index (χ0v) is 14.5. The third kappa shape index (κ3) is 2.94. The molecular weight excluding hydrogens is 320 g/mol. The Hall–Kier alpha value is -2.21. The van der Waals surface area contributed by atoms with Gasteiger partial charge in [0.05, 0.1) is 23.9 Å². The van der Waals surface area contributed by atoms with Crippen molar-refractivity contribution in [2.24, 2.45) is 0 Å². The molecule has 1 saturated heterocycles. The van der Waals surface area contributed by atoms with Crippen LogP contribution >= 0.6 is 11.3 Å². The van der Waals surface area contributed by atoms with E-state index in [1.54, 1.807) is 15.9 Å².